The van der Waals surface area contributed by atoms with Gasteiger partial charge >= 0.3 is 0 Å². The van der Waals surface area contributed by atoms with Crippen LogP contribution < -0.4 is 15.8 Å². The molecule has 178 valence electrons. The van der Waals surface area contributed by atoms with Gasteiger partial charge in [0.2, 0.25) is 0 Å². The molecule has 0 saturated heterocycles. The number of benzene rings is 1. The quantitative estimate of drug-likeness (QED) is 0.203. The Morgan fingerprint density at radius 2 is 1.97 bits per heavy atom. The maximum atomic E-state index is 13.2. The van der Waals surface area contributed by atoms with Crippen molar-refractivity contribution >= 4 is 41.1 Å². The molecule has 5 N–H and O–H groups in total. The molecule has 1 fully saturated rings. The smallest absolute Gasteiger partial charge is 0.262 e. The van der Waals surface area contributed by atoms with Crippen molar-refractivity contribution in [1.29, 1.82) is 5.41 Å². The molecule has 1 amide bonds. The number of nitrogen functional groups attached to an aromatic ring is 1. The van der Waals surface area contributed by atoms with Crippen molar-refractivity contribution in [3.8, 4) is 11.5 Å². The fourth-order valence-corrected chi connectivity index (χ4v) is 3.01. The molecule has 0 unspecified atom stereocenters. The van der Waals surface area contributed by atoms with Crippen molar-refractivity contribution < 1.29 is 19.0 Å². The zero-order chi connectivity index (χ0) is 24.9. The van der Waals surface area contributed by atoms with Gasteiger partial charge in [-0.05, 0) is 49.2 Å². The summed E-state index contributed by atoms with van der Waals surface area (Å²) >= 11 is 6.07. The summed E-state index contributed by atoms with van der Waals surface area (Å²) in [6.45, 7) is 0. The maximum Gasteiger partial charge on any atom is 0.262 e. The molecular weight excluding hydrogens is 475 g/mol. The van der Waals surface area contributed by atoms with Crippen LogP contribution in [0.4, 0.5) is 16.0 Å². The molecule has 0 radical (unpaired) electrons. The Morgan fingerprint density at radius 3 is 2.63 bits per heavy atom. The minimum atomic E-state index is -0.718. The Labute approximate surface area is 204 Å². The summed E-state index contributed by atoms with van der Waals surface area (Å²) in [6.07, 6.45) is 5.83. The van der Waals surface area contributed by atoms with E-state index in [0.717, 1.165) is 25.0 Å². The summed E-state index contributed by atoms with van der Waals surface area (Å²) < 4.78 is 18.9. The van der Waals surface area contributed by atoms with Gasteiger partial charge in [-0.25, -0.2) is 14.4 Å². The topological polar surface area (TPSA) is 147 Å². The highest BCUT2D eigenvalue weighted by Crippen LogP contribution is 2.32. The van der Waals surface area contributed by atoms with Crippen LogP contribution in [-0.2, 0) is 4.79 Å². The number of aliphatic imine (C=N–C) groups is 1. The van der Waals surface area contributed by atoms with Crippen molar-refractivity contribution in [3.05, 3.63) is 82.6 Å². The van der Waals surface area contributed by atoms with E-state index in [4.69, 9.17) is 27.5 Å². The summed E-state index contributed by atoms with van der Waals surface area (Å²) in [5.41, 5.74) is 5.34. The molecule has 1 aromatic carbocycles. The monoisotopic (exact) mass is 494 g/mol. The number of halogens is 2. The first-order valence-corrected chi connectivity index (χ1v) is 10.9. The lowest BCUT2D eigenvalue weighted by atomic mass is 10.0. The van der Waals surface area contributed by atoms with Crippen LogP contribution in [0.25, 0.3) is 0 Å². The van der Waals surface area contributed by atoms with E-state index in [1.54, 1.807) is 12.1 Å². The number of aliphatic hydroxyl groups excluding tert-OH is 1. The molecule has 2 heterocycles. The standard InChI is InChI=1S/C24H20ClFN6O3/c25-20-18(9-10-29-23(20)28)35-16-7-8-19(31-11-16)32-24(34)17(12-30-15-5-6-15)22(33)21(27)13-1-3-14(26)4-2-13/h1-4,7-12,15,27,33H,5-6H2,(H2,28,29)(H,31,32,34). The SMILES string of the molecule is N=C(C(O)=C(C=NC1CC1)C(=O)Nc1ccc(Oc2ccnc(N)c2Cl)cn1)c1ccc(F)cc1. The van der Waals surface area contributed by atoms with E-state index in [9.17, 15) is 14.3 Å². The third-order valence-corrected chi connectivity index (χ3v) is 5.30. The molecule has 1 saturated carbocycles. The van der Waals surface area contributed by atoms with Crippen LogP contribution in [0, 0.1) is 11.2 Å². The average molecular weight is 495 g/mol. The summed E-state index contributed by atoms with van der Waals surface area (Å²) in [5.74, 6) is -0.869. The van der Waals surface area contributed by atoms with E-state index < -0.39 is 17.5 Å². The van der Waals surface area contributed by atoms with Crippen molar-refractivity contribution in [1.82, 2.24) is 9.97 Å². The van der Waals surface area contributed by atoms with E-state index in [0.29, 0.717) is 11.5 Å². The number of ether oxygens (including phenoxy) is 1. The van der Waals surface area contributed by atoms with Gasteiger partial charge in [-0.3, -0.25) is 15.2 Å². The number of pyridine rings is 2. The lowest BCUT2D eigenvalue weighted by Gasteiger charge is -2.11. The van der Waals surface area contributed by atoms with Crippen LogP contribution in [0.5, 0.6) is 11.5 Å². The summed E-state index contributed by atoms with van der Waals surface area (Å²) in [4.78, 5) is 25.2. The summed E-state index contributed by atoms with van der Waals surface area (Å²) in [6, 6.07) is 9.67. The zero-order valence-corrected chi connectivity index (χ0v) is 19.0. The molecule has 3 aromatic rings. The Morgan fingerprint density at radius 1 is 1.23 bits per heavy atom. The third kappa shape index (κ3) is 5.98. The highest BCUT2D eigenvalue weighted by atomic mass is 35.5. The van der Waals surface area contributed by atoms with Gasteiger partial charge in [0, 0.05) is 24.0 Å². The number of aromatic nitrogens is 2. The number of rotatable bonds is 8. The van der Waals surface area contributed by atoms with Gasteiger partial charge < -0.3 is 20.9 Å². The first-order chi connectivity index (χ1) is 16.8. The van der Waals surface area contributed by atoms with Gasteiger partial charge in [-0.1, -0.05) is 11.6 Å². The van der Waals surface area contributed by atoms with E-state index in [2.05, 4.69) is 20.3 Å². The Balaban J connectivity index is 1.52. The van der Waals surface area contributed by atoms with Gasteiger partial charge in [0.15, 0.2) is 11.5 Å². The molecule has 2 aromatic heterocycles. The predicted molar refractivity (Wildman–Crippen MR) is 131 cm³/mol. The highest BCUT2D eigenvalue weighted by molar-refractivity contribution is 6.34. The first kappa shape index (κ1) is 23.8. The fraction of sp³-hybridized carbons (Fsp3) is 0.125. The lowest BCUT2D eigenvalue weighted by Crippen LogP contribution is -2.21. The van der Waals surface area contributed by atoms with E-state index in [1.807, 2.05) is 0 Å². The molecule has 0 bridgehead atoms. The second-order valence-corrected chi connectivity index (χ2v) is 7.98. The number of carbonyl (C=O) groups excluding carboxylic acids is 1. The van der Waals surface area contributed by atoms with Crippen LogP contribution in [0.1, 0.15) is 18.4 Å². The molecular formula is C24H20ClFN6O3. The number of carbonyl (C=O) groups is 1. The van der Waals surface area contributed by atoms with Gasteiger partial charge in [0.25, 0.3) is 5.91 Å². The molecule has 35 heavy (non-hydrogen) atoms. The zero-order valence-electron chi connectivity index (χ0n) is 18.2. The van der Waals surface area contributed by atoms with Crippen LogP contribution in [0.15, 0.2) is 71.2 Å². The molecule has 9 nitrogen and oxygen atoms in total. The van der Waals surface area contributed by atoms with Crippen LogP contribution in [0.2, 0.25) is 5.02 Å². The lowest BCUT2D eigenvalue weighted by molar-refractivity contribution is -0.112. The van der Waals surface area contributed by atoms with Gasteiger partial charge in [0.05, 0.1) is 12.2 Å². The number of hydrogen-bond acceptors (Lipinski definition) is 8. The first-order valence-electron chi connectivity index (χ1n) is 10.5. The number of hydrogen-bond donors (Lipinski definition) is 4. The van der Waals surface area contributed by atoms with Crippen molar-refractivity contribution in [2.45, 2.75) is 18.9 Å². The predicted octanol–water partition coefficient (Wildman–Crippen LogP) is 4.70. The molecule has 11 heteroatoms. The number of nitrogens with zero attached hydrogens (tertiary/aromatic N) is 3. The van der Waals surface area contributed by atoms with E-state index in [1.165, 1.54) is 36.8 Å². The second-order valence-electron chi connectivity index (χ2n) is 7.60. The summed E-state index contributed by atoms with van der Waals surface area (Å²) in [5, 5.41) is 21.7. The molecule has 0 atom stereocenters. The van der Waals surface area contributed by atoms with Crippen molar-refractivity contribution in [3.63, 3.8) is 0 Å². The molecule has 4 rings (SSSR count). The van der Waals surface area contributed by atoms with Crippen LogP contribution in [0.3, 0.4) is 0 Å². The molecule has 1 aliphatic carbocycles. The number of nitrogens with one attached hydrogen (secondary N) is 2. The number of allylic oxidation sites excluding steroid dienone is 1. The van der Waals surface area contributed by atoms with Gasteiger partial charge in [0.1, 0.15) is 39.5 Å². The van der Waals surface area contributed by atoms with Crippen LogP contribution in [-0.4, -0.2) is 38.9 Å². The van der Waals surface area contributed by atoms with Gasteiger partial charge in [-0.15, -0.1) is 0 Å². The number of nitrogens with two attached hydrogens (primary N) is 1. The normalized spacial score (nSPS) is 13.9. The highest BCUT2D eigenvalue weighted by Gasteiger charge is 2.23. The van der Waals surface area contributed by atoms with E-state index in [-0.39, 0.29) is 39.5 Å². The van der Waals surface area contributed by atoms with Crippen molar-refractivity contribution in [2.24, 2.45) is 4.99 Å². The van der Waals surface area contributed by atoms with Gasteiger partial charge in [-0.2, -0.15) is 0 Å². The fourth-order valence-electron chi connectivity index (χ4n) is 2.86. The summed E-state index contributed by atoms with van der Waals surface area (Å²) in [7, 11) is 0. The van der Waals surface area contributed by atoms with Crippen LogP contribution >= 0.6 is 11.6 Å². The second kappa shape index (κ2) is 10.3. The number of amides is 1. The Bertz CT molecular complexity index is 1320. The minimum Gasteiger partial charge on any atom is -0.505 e. The Kier molecular flexibility index (Phi) is 7.02. The average Bonchev–Trinajstić information content (AvgIpc) is 3.68. The third-order valence-electron chi connectivity index (χ3n) is 4.92. The molecule has 1 aliphatic rings. The Hall–Kier alpha value is -4.31. The molecule has 0 spiro atoms. The largest absolute Gasteiger partial charge is 0.505 e. The molecule has 0 aliphatic heterocycles. The number of anilines is 2. The van der Waals surface area contributed by atoms with Crippen molar-refractivity contribution in [2.75, 3.05) is 11.1 Å². The maximum absolute atomic E-state index is 13.2. The minimum absolute atomic E-state index is 0.0780. The van der Waals surface area contributed by atoms with E-state index >= 15 is 0 Å². The number of aliphatic hydroxyl groups is 1.